The predicted molar refractivity (Wildman–Crippen MR) is 94.4 cm³/mol. The Labute approximate surface area is 152 Å². The molecule has 0 fully saturated rings. The summed E-state index contributed by atoms with van der Waals surface area (Å²) in [6, 6.07) is 9.05. The fourth-order valence-corrected chi connectivity index (χ4v) is 3.19. The monoisotopic (exact) mass is 383 g/mol. The first kappa shape index (κ1) is 17.0. The van der Waals surface area contributed by atoms with Crippen LogP contribution < -0.4 is 10.1 Å². The summed E-state index contributed by atoms with van der Waals surface area (Å²) in [5, 5.41) is 5.92. The van der Waals surface area contributed by atoms with Gasteiger partial charge < -0.3 is 10.1 Å². The zero-order valence-corrected chi connectivity index (χ0v) is 14.6. The van der Waals surface area contributed by atoms with E-state index in [-0.39, 0.29) is 18.4 Å². The summed E-state index contributed by atoms with van der Waals surface area (Å²) in [5.41, 5.74) is 0.772. The predicted octanol–water partition coefficient (Wildman–Crippen LogP) is 5.18. The van der Waals surface area contributed by atoms with Crippen LogP contribution in [0.3, 0.4) is 0 Å². The van der Waals surface area contributed by atoms with E-state index in [9.17, 15) is 4.39 Å². The van der Waals surface area contributed by atoms with Gasteiger partial charge in [-0.2, -0.15) is 4.98 Å². The van der Waals surface area contributed by atoms with Crippen molar-refractivity contribution in [3.8, 4) is 6.01 Å². The number of hydrogen-bond acceptors (Lipinski definition) is 5. The fourth-order valence-electron chi connectivity index (χ4n) is 1.97. The van der Waals surface area contributed by atoms with E-state index in [0.717, 1.165) is 16.6 Å². The third kappa shape index (κ3) is 4.56. The average Bonchev–Trinajstić information content (AvgIpc) is 3.05. The van der Waals surface area contributed by atoms with Gasteiger partial charge in [-0.15, -0.1) is 11.3 Å². The first-order chi connectivity index (χ1) is 11.6. The van der Waals surface area contributed by atoms with Gasteiger partial charge in [0.25, 0.3) is 0 Å². The standard InChI is InChI=1S/C16H12Cl2FN3OS/c17-11-4-10(5-12(18)6-11)9-23-16-21-8-14(19)15(22-16)20-7-13-2-1-3-24-13/h1-6,8H,7,9H2,(H,20,21,22). The minimum absolute atomic E-state index is 0.0705. The lowest BCUT2D eigenvalue weighted by molar-refractivity contribution is 0.280. The second kappa shape index (κ2) is 7.79. The maximum Gasteiger partial charge on any atom is 0.318 e. The minimum Gasteiger partial charge on any atom is -0.459 e. The molecule has 124 valence electrons. The summed E-state index contributed by atoms with van der Waals surface area (Å²) in [7, 11) is 0. The van der Waals surface area contributed by atoms with Crippen molar-refractivity contribution in [3.05, 3.63) is 68.2 Å². The van der Waals surface area contributed by atoms with Gasteiger partial charge in [-0.05, 0) is 35.2 Å². The minimum atomic E-state index is -0.537. The molecule has 24 heavy (non-hydrogen) atoms. The van der Waals surface area contributed by atoms with Gasteiger partial charge in [0.15, 0.2) is 11.6 Å². The number of nitrogens with one attached hydrogen (secondary N) is 1. The molecule has 0 radical (unpaired) electrons. The number of benzene rings is 1. The molecule has 3 aromatic rings. The molecule has 0 aliphatic rings. The largest absolute Gasteiger partial charge is 0.459 e. The highest BCUT2D eigenvalue weighted by atomic mass is 35.5. The van der Waals surface area contributed by atoms with Crippen LogP contribution in [-0.4, -0.2) is 9.97 Å². The average molecular weight is 384 g/mol. The van der Waals surface area contributed by atoms with Crippen LogP contribution in [0.15, 0.2) is 41.9 Å². The Hall–Kier alpha value is -1.89. The summed E-state index contributed by atoms with van der Waals surface area (Å²) in [6.45, 7) is 0.658. The van der Waals surface area contributed by atoms with Crippen LogP contribution >= 0.6 is 34.5 Å². The zero-order valence-electron chi connectivity index (χ0n) is 12.3. The molecule has 0 bridgehead atoms. The number of nitrogens with zero attached hydrogens (tertiary/aromatic N) is 2. The van der Waals surface area contributed by atoms with Gasteiger partial charge in [-0.1, -0.05) is 29.3 Å². The third-order valence-corrected chi connectivity index (χ3v) is 4.34. The summed E-state index contributed by atoms with van der Waals surface area (Å²) in [4.78, 5) is 8.96. The van der Waals surface area contributed by atoms with E-state index in [4.69, 9.17) is 27.9 Å². The molecule has 0 spiro atoms. The molecule has 0 aliphatic carbocycles. The molecular formula is C16H12Cl2FN3OS. The molecule has 1 aromatic carbocycles. The van der Waals surface area contributed by atoms with Crippen molar-refractivity contribution < 1.29 is 9.13 Å². The molecule has 0 saturated carbocycles. The SMILES string of the molecule is Fc1cnc(OCc2cc(Cl)cc(Cl)c2)nc1NCc1cccs1. The first-order valence-corrected chi connectivity index (χ1v) is 8.60. The van der Waals surface area contributed by atoms with Crippen molar-refractivity contribution in [2.24, 2.45) is 0 Å². The van der Waals surface area contributed by atoms with Gasteiger partial charge in [0.1, 0.15) is 6.61 Å². The summed E-state index contributed by atoms with van der Waals surface area (Å²) in [5.74, 6) is -0.442. The zero-order chi connectivity index (χ0) is 16.9. The van der Waals surface area contributed by atoms with E-state index in [0.29, 0.717) is 16.6 Å². The molecule has 2 heterocycles. The number of halogens is 3. The Balaban J connectivity index is 1.66. The summed E-state index contributed by atoms with van der Waals surface area (Å²) >= 11 is 13.5. The first-order valence-electron chi connectivity index (χ1n) is 6.97. The van der Waals surface area contributed by atoms with E-state index >= 15 is 0 Å². The fraction of sp³-hybridized carbons (Fsp3) is 0.125. The Morgan fingerprint density at radius 1 is 1.21 bits per heavy atom. The second-order valence-electron chi connectivity index (χ2n) is 4.85. The van der Waals surface area contributed by atoms with E-state index < -0.39 is 5.82 Å². The molecular weight excluding hydrogens is 372 g/mol. The van der Waals surface area contributed by atoms with Gasteiger partial charge in [-0.3, -0.25) is 0 Å². The number of rotatable bonds is 6. The topological polar surface area (TPSA) is 47.0 Å². The molecule has 0 atom stereocenters. The molecule has 0 aliphatic heterocycles. The van der Waals surface area contributed by atoms with E-state index in [2.05, 4.69) is 15.3 Å². The van der Waals surface area contributed by atoms with Crippen molar-refractivity contribution in [3.63, 3.8) is 0 Å². The van der Waals surface area contributed by atoms with Crippen molar-refractivity contribution in [2.45, 2.75) is 13.2 Å². The quantitative estimate of drug-likeness (QED) is 0.637. The molecule has 3 rings (SSSR count). The lowest BCUT2D eigenvalue weighted by Gasteiger charge is -2.09. The highest BCUT2D eigenvalue weighted by molar-refractivity contribution is 7.09. The molecule has 2 aromatic heterocycles. The van der Waals surface area contributed by atoms with Crippen molar-refractivity contribution in [1.82, 2.24) is 9.97 Å². The van der Waals surface area contributed by atoms with E-state index in [1.807, 2.05) is 17.5 Å². The third-order valence-electron chi connectivity index (χ3n) is 3.02. The van der Waals surface area contributed by atoms with Crippen LogP contribution in [0, 0.1) is 5.82 Å². The van der Waals surface area contributed by atoms with Crippen LogP contribution in [-0.2, 0) is 13.2 Å². The maximum absolute atomic E-state index is 13.8. The molecule has 8 heteroatoms. The number of anilines is 1. The van der Waals surface area contributed by atoms with Crippen LogP contribution in [0.4, 0.5) is 10.2 Å². The smallest absolute Gasteiger partial charge is 0.318 e. The van der Waals surface area contributed by atoms with Crippen LogP contribution in [0.2, 0.25) is 10.0 Å². The molecule has 0 amide bonds. The Kier molecular flexibility index (Phi) is 5.50. The second-order valence-corrected chi connectivity index (χ2v) is 6.75. The lowest BCUT2D eigenvalue weighted by atomic mass is 10.2. The van der Waals surface area contributed by atoms with Gasteiger partial charge in [0.2, 0.25) is 0 Å². The highest BCUT2D eigenvalue weighted by Crippen LogP contribution is 2.21. The van der Waals surface area contributed by atoms with Gasteiger partial charge in [0, 0.05) is 14.9 Å². The van der Waals surface area contributed by atoms with Gasteiger partial charge >= 0.3 is 6.01 Å². The van der Waals surface area contributed by atoms with E-state index in [1.165, 1.54) is 0 Å². The molecule has 0 unspecified atom stereocenters. The molecule has 4 nitrogen and oxygen atoms in total. The number of ether oxygens (including phenoxy) is 1. The van der Waals surface area contributed by atoms with Gasteiger partial charge in [-0.25, -0.2) is 9.37 Å². The molecule has 0 saturated heterocycles. The number of hydrogen-bond donors (Lipinski definition) is 1. The van der Waals surface area contributed by atoms with Crippen molar-refractivity contribution in [2.75, 3.05) is 5.32 Å². The molecule has 1 N–H and O–H groups in total. The lowest BCUT2D eigenvalue weighted by Crippen LogP contribution is -2.06. The Morgan fingerprint density at radius 3 is 2.71 bits per heavy atom. The summed E-state index contributed by atoms with van der Waals surface area (Å²) < 4.78 is 19.3. The van der Waals surface area contributed by atoms with Crippen LogP contribution in [0.5, 0.6) is 6.01 Å². The van der Waals surface area contributed by atoms with Crippen molar-refractivity contribution in [1.29, 1.82) is 0 Å². The van der Waals surface area contributed by atoms with Gasteiger partial charge in [0.05, 0.1) is 12.7 Å². The van der Waals surface area contributed by atoms with E-state index in [1.54, 1.807) is 29.5 Å². The van der Waals surface area contributed by atoms with Crippen LogP contribution in [0.1, 0.15) is 10.4 Å². The number of thiophene rings is 1. The Morgan fingerprint density at radius 2 is 2.00 bits per heavy atom. The normalized spacial score (nSPS) is 10.6. The van der Waals surface area contributed by atoms with Crippen molar-refractivity contribution >= 4 is 40.4 Å². The number of aromatic nitrogens is 2. The van der Waals surface area contributed by atoms with Crippen LogP contribution in [0.25, 0.3) is 0 Å². The Bertz CT molecular complexity index is 810. The summed E-state index contributed by atoms with van der Waals surface area (Å²) in [6.07, 6.45) is 1.07. The maximum atomic E-state index is 13.8. The highest BCUT2D eigenvalue weighted by Gasteiger charge is 2.09.